The smallest absolute Gasteiger partial charge is 0.141 e. The SMILES string of the molecule is O=C(Cc1cc(Cl)ccc1Cl)C1CC1c1ccccc1. The van der Waals surface area contributed by atoms with E-state index in [0.29, 0.717) is 22.4 Å². The molecule has 0 bridgehead atoms. The zero-order valence-corrected chi connectivity index (χ0v) is 12.4. The van der Waals surface area contributed by atoms with E-state index in [9.17, 15) is 4.79 Å². The highest BCUT2D eigenvalue weighted by Crippen LogP contribution is 2.48. The third kappa shape index (κ3) is 2.89. The van der Waals surface area contributed by atoms with Crippen molar-refractivity contribution in [2.75, 3.05) is 0 Å². The first-order valence-electron chi connectivity index (χ1n) is 6.67. The third-order valence-corrected chi connectivity index (χ3v) is 4.41. The maximum absolute atomic E-state index is 12.3. The quantitative estimate of drug-likeness (QED) is 0.784. The maximum Gasteiger partial charge on any atom is 0.141 e. The molecular formula is C17H14Cl2O. The number of hydrogen-bond donors (Lipinski definition) is 0. The second kappa shape index (κ2) is 5.59. The molecule has 0 aromatic heterocycles. The molecule has 2 aromatic carbocycles. The average Bonchev–Trinajstić information content (AvgIpc) is 3.24. The number of Topliss-reactive ketones (excluding diaryl/α,β-unsaturated/α-hetero) is 1. The molecule has 1 aliphatic rings. The van der Waals surface area contributed by atoms with Gasteiger partial charge in [-0.25, -0.2) is 0 Å². The summed E-state index contributed by atoms with van der Waals surface area (Å²) in [5, 5.41) is 1.23. The van der Waals surface area contributed by atoms with Crippen molar-refractivity contribution in [2.45, 2.75) is 18.8 Å². The van der Waals surface area contributed by atoms with E-state index in [1.54, 1.807) is 18.2 Å². The Morgan fingerprint density at radius 3 is 2.60 bits per heavy atom. The summed E-state index contributed by atoms with van der Waals surface area (Å²) in [6, 6.07) is 15.5. The van der Waals surface area contributed by atoms with Gasteiger partial charge in [-0.15, -0.1) is 0 Å². The van der Waals surface area contributed by atoms with Crippen LogP contribution in [-0.2, 0) is 11.2 Å². The van der Waals surface area contributed by atoms with E-state index in [-0.39, 0.29) is 11.7 Å². The van der Waals surface area contributed by atoms with Gasteiger partial charge in [-0.3, -0.25) is 4.79 Å². The van der Waals surface area contributed by atoms with Gasteiger partial charge in [-0.05, 0) is 41.7 Å². The lowest BCUT2D eigenvalue weighted by Crippen LogP contribution is -2.07. The second-order valence-electron chi connectivity index (χ2n) is 5.24. The molecule has 0 radical (unpaired) electrons. The van der Waals surface area contributed by atoms with E-state index in [0.717, 1.165) is 12.0 Å². The molecule has 0 heterocycles. The van der Waals surface area contributed by atoms with E-state index in [1.165, 1.54) is 5.56 Å². The van der Waals surface area contributed by atoms with Crippen molar-refractivity contribution in [3.63, 3.8) is 0 Å². The second-order valence-corrected chi connectivity index (χ2v) is 6.08. The van der Waals surface area contributed by atoms with Crippen LogP contribution in [0.4, 0.5) is 0 Å². The van der Waals surface area contributed by atoms with Gasteiger partial charge < -0.3 is 0 Å². The van der Waals surface area contributed by atoms with Crippen LogP contribution in [0.15, 0.2) is 48.5 Å². The van der Waals surface area contributed by atoms with Gasteiger partial charge in [0.1, 0.15) is 5.78 Å². The first-order chi connectivity index (χ1) is 9.65. The summed E-state index contributed by atoms with van der Waals surface area (Å²) in [5.41, 5.74) is 2.07. The molecule has 0 amide bonds. The monoisotopic (exact) mass is 304 g/mol. The maximum atomic E-state index is 12.3. The van der Waals surface area contributed by atoms with E-state index in [1.807, 2.05) is 18.2 Å². The zero-order chi connectivity index (χ0) is 14.1. The van der Waals surface area contributed by atoms with Crippen molar-refractivity contribution < 1.29 is 4.79 Å². The standard InChI is InChI=1S/C17H14Cl2O/c18-13-6-7-16(19)12(8-13)9-17(20)15-10-14(15)11-4-2-1-3-5-11/h1-8,14-15H,9-10H2. The highest BCUT2D eigenvalue weighted by atomic mass is 35.5. The fraction of sp³-hybridized carbons (Fsp3) is 0.235. The van der Waals surface area contributed by atoms with Crippen LogP contribution in [0.5, 0.6) is 0 Å². The molecular weight excluding hydrogens is 291 g/mol. The molecule has 1 saturated carbocycles. The summed E-state index contributed by atoms with van der Waals surface area (Å²) in [7, 11) is 0. The van der Waals surface area contributed by atoms with Gasteiger partial charge in [0, 0.05) is 22.4 Å². The molecule has 2 aromatic rings. The molecule has 2 atom stereocenters. The third-order valence-electron chi connectivity index (χ3n) is 3.80. The van der Waals surface area contributed by atoms with Gasteiger partial charge in [0.25, 0.3) is 0 Å². The van der Waals surface area contributed by atoms with E-state index in [2.05, 4.69) is 12.1 Å². The molecule has 0 aliphatic heterocycles. The molecule has 3 heteroatoms. The van der Waals surface area contributed by atoms with E-state index >= 15 is 0 Å². The fourth-order valence-corrected chi connectivity index (χ4v) is 3.00. The van der Waals surface area contributed by atoms with Crippen molar-refractivity contribution in [3.05, 3.63) is 69.7 Å². The van der Waals surface area contributed by atoms with Crippen LogP contribution in [0.25, 0.3) is 0 Å². The first-order valence-corrected chi connectivity index (χ1v) is 7.42. The van der Waals surface area contributed by atoms with Gasteiger partial charge in [0.2, 0.25) is 0 Å². The Kier molecular flexibility index (Phi) is 3.82. The van der Waals surface area contributed by atoms with Crippen LogP contribution >= 0.6 is 23.2 Å². The Balaban J connectivity index is 1.68. The van der Waals surface area contributed by atoms with Crippen LogP contribution in [0, 0.1) is 5.92 Å². The summed E-state index contributed by atoms with van der Waals surface area (Å²) in [6.45, 7) is 0. The van der Waals surface area contributed by atoms with Crippen molar-refractivity contribution in [1.82, 2.24) is 0 Å². The lowest BCUT2D eigenvalue weighted by atomic mass is 10.0. The average molecular weight is 305 g/mol. The molecule has 102 valence electrons. The molecule has 1 aliphatic carbocycles. The van der Waals surface area contributed by atoms with E-state index in [4.69, 9.17) is 23.2 Å². The van der Waals surface area contributed by atoms with Gasteiger partial charge in [-0.1, -0.05) is 53.5 Å². The number of halogens is 2. The van der Waals surface area contributed by atoms with E-state index < -0.39 is 0 Å². The number of ketones is 1. The fourth-order valence-electron chi connectivity index (χ4n) is 2.62. The predicted molar refractivity (Wildman–Crippen MR) is 82.5 cm³/mol. The van der Waals surface area contributed by atoms with Crippen LogP contribution < -0.4 is 0 Å². The topological polar surface area (TPSA) is 17.1 Å². The lowest BCUT2D eigenvalue weighted by Gasteiger charge is -2.04. The number of rotatable bonds is 4. The van der Waals surface area contributed by atoms with Crippen molar-refractivity contribution in [1.29, 1.82) is 0 Å². The Morgan fingerprint density at radius 1 is 1.10 bits per heavy atom. The van der Waals surface area contributed by atoms with Gasteiger partial charge in [-0.2, -0.15) is 0 Å². The molecule has 0 saturated heterocycles. The predicted octanol–water partition coefficient (Wildman–Crippen LogP) is 4.91. The number of benzene rings is 2. The Hall–Kier alpha value is -1.31. The van der Waals surface area contributed by atoms with Crippen LogP contribution in [0.1, 0.15) is 23.5 Å². The van der Waals surface area contributed by atoms with Gasteiger partial charge in [0.15, 0.2) is 0 Å². The normalized spacial score (nSPS) is 20.7. The molecule has 0 spiro atoms. The molecule has 3 rings (SSSR count). The molecule has 2 unspecified atom stereocenters. The zero-order valence-electron chi connectivity index (χ0n) is 10.9. The summed E-state index contributed by atoms with van der Waals surface area (Å²) in [4.78, 5) is 12.3. The lowest BCUT2D eigenvalue weighted by molar-refractivity contribution is -0.119. The number of carbonyl (C=O) groups excluding carboxylic acids is 1. The van der Waals surface area contributed by atoms with Gasteiger partial charge in [0.05, 0.1) is 0 Å². The van der Waals surface area contributed by atoms with Crippen LogP contribution in [0.3, 0.4) is 0 Å². The molecule has 0 N–H and O–H groups in total. The summed E-state index contributed by atoms with van der Waals surface area (Å²) in [5.74, 6) is 0.761. The minimum absolute atomic E-state index is 0.132. The number of carbonyl (C=O) groups is 1. The minimum Gasteiger partial charge on any atom is -0.299 e. The van der Waals surface area contributed by atoms with Crippen molar-refractivity contribution >= 4 is 29.0 Å². The van der Waals surface area contributed by atoms with Gasteiger partial charge >= 0.3 is 0 Å². The largest absolute Gasteiger partial charge is 0.299 e. The minimum atomic E-state index is 0.132. The Labute approximate surface area is 128 Å². The Morgan fingerprint density at radius 2 is 1.85 bits per heavy atom. The number of hydrogen-bond acceptors (Lipinski definition) is 1. The summed E-state index contributed by atoms with van der Waals surface area (Å²) < 4.78 is 0. The molecule has 20 heavy (non-hydrogen) atoms. The summed E-state index contributed by atoms with van der Waals surface area (Å²) in [6.07, 6.45) is 1.31. The highest BCUT2D eigenvalue weighted by Gasteiger charge is 2.43. The molecule has 1 fully saturated rings. The Bertz CT molecular complexity index is 637. The van der Waals surface area contributed by atoms with Crippen molar-refractivity contribution in [2.24, 2.45) is 5.92 Å². The highest BCUT2D eigenvalue weighted by molar-refractivity contribution is 6.33. The molecule has 1 nitrogen and oxygen atoms in total. The first kappa shape index (κ1) is 13.7. The van der Waals surface area contributed by atoms with Crippen LogP contribution in [-0.4, -0.2) is 5.78 Å². The summed E-state index contributed by atoms with van der Waals surface area (Å²) >= 11 is 12.1. The van der Waals surface area contributed by atoms with Crippen molar-refractivity contribution in [3.8, 4) is 0 Å². The van der Waals surface area contributed by atoms with Crippen LogP contribution in [0.2, 0.25) is 10.0 Å².